The van der Waals surface area contributed by atoms with Crippen LogP contribution in [-0.4, -0.2) is 69.8 Å². The van der Waals surface area contributed by atoms with Crippen LogP contribution in [0, 0.1) is 0 Å². The highest BCUT2D eigenvalue weighted by Crippen LogP contribution is 2.31. The number of methoxy groups -OCH3 is 2. The molecule has 2 aliphatic rings. The molecular formula is C31H28O10. The largest absolute Gasteiger partial charge is 0.497 e. The molecule has 2 saturated heterocycles. The average molecular weight is 561 g/mol. The smallest absolute Gasteiger partial charge is 0.343 e. The lowest BCUT2D eigenvalue weighted by atomic mass is 10.1. The van der Waals surface area contributed by atoms with Gasteiger partial charge in [-0.15, -0.1) is 0 Å². The standard InChI is InChI=1S/C31H28O10/c1-35-22-10-3-19(4-11-22)5-16-27(32)40-25-17-37-29-26(18-38-28(25)29)41-31(34)21-8-14-24(15-9-21)39-30(33)20-6-12-23(36-2)13-7-20/h3-16,25-26,28-29H,17-18H2,1-2H3/b16-5+/t25-,26+,28?,29?/m0/s1. The van der Waals surface area contributed by atoms with Crippen molar-refractivity contribution in [3.63, 3.8) is 0 Å². The Bertz CT molecular complexity index is 1400. The van der Waals surface area contributed by atoms with Crippen LogP contribution in [0.25, 0.3) is 6.08 Å². The molecule has 3 aromatic rings. The molecule has 212 valence electrons. The normalized spacial score (nSPS) is 21.2. The van der Waals surface area contributed by atoms with Gasteiger partial charge in [-0.1, -0.05) is 12.1 Å². The second-order valence-electron chi connectivity index (χ2n) is 9.26. The zero-order chi connectivity index (χ0) is 28.8. The van der Waals surface area contributed by atoms with Gasteiger partial charge in [-0.05, 0) is 72.3 Å². The summed E-state index contributed by atoms with van der Waals surface area (Å²) in [6, 6.07) is 19.8. The fourth-order valence-corrected chi connectivity index (χ4v) is 4.46. The van der Waals surface area contributed by atoms with E-state index in [0.29, 0.717) is 11.3 Å². The second-order valence-corrected chi connectivity index (χ2v) is 9.26. The van der Waals surface area contributed by atoms with Crippen LogP contribution in [0.4, 0.5) is 0 Å². The van der Waals surface area contributed by atoms with Crippen LogP contribution >= 0.6 is 0 Å². The van der Waals surface area contributed by atoms with Gasteiger partial charge in [0.1, 0.15) is 29.5 Å². The molecule has 2 unspecified atom stereocenters. The fraction of sp³-hybridized carbons (Fsp3) is 0.258. The zero-order valence-corrected chi connectivity index (χ0v) is 22.4. The number of rotatable bonds is 9. The molecule has 0 radical (unpaired) electrons. The minimum Gasteiger partial charge on any atom is -0.497 e. The van der Waals surface area contributed by atoms with Crippen molar-refractivity contribution in [2.24, 2.45) is 0 Å². The Kier molecular flexibility index (Phi) is 8.61. The Hall–Kier alpha value is -4.67. The topological polar surface area (TPSA) is 116 Å². The summed E-state index contributed by atoms with van der Waals surface area (Å²) in [6.07, 6.45) is 0.563. The van der Waals surface area contributed by atoms with E-state index in [1.165, 1.54) is 37.5 Å². The van der Waals surface area contributed by atoms with E-state index in [1.807, 2.05) is 12.1 Å². The van der Waals surface area contributed by atoms with Crippen LogP contribution in [0.15, 0.2) is 78.9 Å². The molecule has 0 aliphatic carbocycles. The molecule has 0 amide bonds. The lowest BCUT2D eigenvalue weighted by Crippen LogP contribution is -2.35. The van der Waals surface area contributed by atoms with Crippen molar-refractivity contribution in [1.29, 1.82) is 0 Å². The van der Waals surface area contributed by atoms with Gasteiger partial charge >= 0.3 is 17.9 Å². The summed E-state index contributed by atoms with van der Waals surface area (Å²) in [4.78, 5) is 37.5. The molecule has 5 rings (SSSR count). The van der Waals surface area contributed by atoms with Crippen LogP contribution < -0.4 is 14.2 Å². The second kappa shape index (κ2) is 12.7. The fourth-order valence-electron chi connectivity index (χ4n) is 4.46. The Morgan fingerprint density at radius 1 is 0.659 bits per heavy atom. The van der Waals surface area contributed by atoms with Crippen LogP contribution in [0.3, 0.4) is 0 Å². The van der Waals surface area contributed by atoms with E-state index in [0.717, 1.165) is 11.3 Å². The van der Waals surface area contributed by atoms with Crippen LogP contribution in [0.5, 0.6) is 17.2 Å². The quantitative estimate of drug-likeness (QED) is 0.217. The van der Waals surface area contributed by atoms with Gasteiger partial charge in [-0.3, -0.25) is 0 Å². The first-order valence-corrected chi connectivity index (χ1v) is 12.9. The zero-order valence-electron chi connectivity index (χ0n) is 22.4. The summed E-state index contributed by atoms with van der Waals surface area (Å²) in [6.45, 7) is 0.230. The maximum absolute atomic E-state index is 12.8. The third-order valence-corrected chi connectivity index (χ3v) is 6.64. The Balaban J connectivity index is 1.10. The number of fused-ring (bicyclic) bond motifs is 1. The number of carbonyl (C=O) groups excluding carboxylic acids is 3. The SMILES string of the molecule is COc1ccc(/C=C/C(=O)O[C@H]2COC3C2OC[C@H]3OC(=O)c2ccc(OC(=O)c3ccc(OC)cc3)cc2)cc1. The first-order chi connectivity index (χ1) is 19.9. The summed E-state index contributed by atoms with van der Waals surface area (Å²) >= 11 is 0. The van der Waals surface area contributed by atoms with Crippen LogP contribution in [0.1, 0.15) is 26.3 Å². The van der Waals surface area contributed by atoms with Crippen molar-refractivity contribution in [1.82, 2.24) is 0 Å². The Morgan fingerprint density at radius 2 is 1.15 bits per heavy atom. The highest BCUT2D eigenvalue weighted by molar-refractivity contribution is 5.92. The van der Waals surface area contributed by atoms with Crippen molar-refractivity contribution in [3.8, 4) is 17.2 Å². The van der Waals surface area contributed by atoms with Gasteiger partial charge in [-0.2, -0.15) is 0 Å². The number of hydrogen-bond donors (Lipinski definition) is 0. The van der Waals surface area contributed by atoms with Gasteiger partial charge in [0.15, 0.2) is 12.2 Å². The molecule has 4 atom stereocenters. The van der Waals surface area contributed by atoms with E-state index >= 15 is 0 Å². The lowest BCUT2D eigenvalue weighted by molar-refractivity contribution is -0.147. The lowest BCUT2D eigenvalue weighted by Gasteiger charge is -2.17. The highest BCUT2D eigenvalue weighted by Gasteiger charge is 2.51. The minimum atomic E-state index is -0.668. The number of carbonyl (C=O) groups is 3. The molecule has 0 bridgehead atoms. The van der Waals surface area contributed by atoms with Crippen molar-refractivity contribution in [2.45, 2.75) is 24.4 Å². The van der Waals surface area contributed by atoms with E-state index in [4.69, 9.17) is 33.2 Å². The predicted octanol–water partition coefficient (Wildman–Crippen LogP) is 3.87. The van der Waals surface area contributed by atoms with Crippen LogP contribution in [0.2, 0.25) is 0 Å². The highest BCUT2D eigenvalue weighted by atomic mass is 16.7. The molecule has 3 aromatic carbocycles. The van der Waals surface area contributed by atoms with Crippen molar-refractivity contribution in [2.75, 3.05) is 27.4 Å². The summed E-state index contributed by atoms with van der Waals surface area (Å²) < 4.78 is 38.3. The summed E-state index contributed by atoms with van der Waals surface area (Å²) in [5.74, 6) is -0.0410. The summed E-state index contributed by atoms with van der Waals surface area (Å²) in [5.41, 5.74) is 1.44. The molecule has 0 N–H and O–H groups in total. The number of benzene rings is 3. The molecular weight excluding hydrogens is 532 g/mol. The van der Waals surface area contributed by atoms with Gasteiger partial charge in [0.05, 0.1) is 38.6 Å². The molecule has 2 aliphatic heterocycles. The van der Waals surface area contributed by atoms with Gasteiger partial charge in [0.2, 0.25) is 0 Å². The maximum atomic E-state index is 12.8. The molecule has 0 saturated carbocycles. The first kappa shape index (κ1) is 27.9. The molecule has 0 spiro atoms. The molecule has 10 heteroatoms. The third kappa shape index (κ3) is 6.74. The number of esters is 3. The van der Waals surface area contributed by atoms with Crippen molar-refractivity contribution >= 4 is 24.0 Å². The van der Waals surface area contributed by atoms with E-state index in [9.17, 15) is 14.4 Å². The first-order valence-electron chi connectivity index (χ1n) is 12.9. The Labute approximate surface area is 236 Å². The predicted molar refractivity (Wildman–Crippen MR) is 145 cm³/mol. The van der Waals surface area contributed by atoms with Gasteiger partial charge < -0.3 is 33.2 Å². The molecule has 2 fully saturated rings. The van der Waals surface area contributed by atoms with Gasteiger partial charge in [0.25, 0.3) is 0 Å². The van der Waals surface area contributed by atoms with Crippen LogP contribution in [-0.2, 0) is 23.7 Å². The number of hydrogen-bond acceptors (Lipinski definition) is 10. The molecule has 0 aromatic heterocycles. The minimum absolute atomic E-state index is 0.106. The van der Waals surface area contributed by atoms with E-state index in [-0.39, 0.29) is 24.5 Å². The Morgan fingerprint density at radius 3 is 1.71 bits per heavy atom. The summed E-state index contributed by atoms with van der Waals surface area (Å²) in [5, 5.41) is 0. The maximum Gasteiger partial charge on any atom is 0.343 e. The van der Waals surface area contributed by atoms with E-state index < -0.39 is 42.3 Å². The van der Waals surface area contributed by atoms with E-state index in [1.54, 1.807) is 49.6 Å². The third-order valence-electron chi connectivity index (χ3n) is 6.64. The summed E-state index contributed by atoms with van der Waals surface area (Å²) in [7, 11) is 3.12. The van der Waals surface area contributed by atoms with Crippen molar-refractivity contribution < 1.29 is 47.5 Å². The van der Waals surface area contributed by atoms with Crippen molar-refractivity contribution in [3.05, 3.63) is 95.6 Å². The van der Waals surface area contributed by atoms with Gasteiger partial charge in [0, 0.05) is 6.08 Å². The van der Waals surface area contributed by atoms with Gasteiger partial charge in [-0.25, -0.2) is 14.4 Å². The average Bonchev–Trinajstić information content (AvgIpc) is 3.59. The molecule has 10 nitrogen and oxygen atoms in total. The van der Waals surface area contributed by atoms with E-state index in [2.05, 4.69) is 0 Å². The molecule has 2 heterocycles. The monoisotopic (exact) mass is 560 g/mol. The number of ether oxygens (including phenoxy) is 7. The molecule has 41 heavy (non-hydrogen) atoms.